The summed E-state index contributed by atoms with van der Waals surface area (Å²) in [5, 5.41) is 0. The zero-order valence-corrected chi connectivity index (χ0v) is 10.2. The molecule has 1 spiro atoms. The maximum absolute atomic E-state index is 2.43. The molecule has 2 aliphatic rings. The van der Waals surface area contributed by atoms with Crippen LogP contribution in [0.15, 0.2) is 0 Å². The van der Waals surface area contributed by atoms with Crippen LogP contribution in [0.3, 0.4) is 0 Å². The second-order valence-corrected chi connectivity index (χ2v) is 6.28. The first-order chi connectivity index (χ1) is 6.63. The summed E-state index contributed by atoms with van der Waals surface area (Å²) in [6.45, 7) is 7.26. The van der Waals surface area contributed by atoms with Gasteiger partial charge in [0, 0.05) is 0 Å². The molecule has 2 rings (SSSR count). The molecule has 0 bridgehead atoms. The fourth-order valence-electron chi connectivity index (χ4n) is 4.16. The van der Waals surface area contributed by atoms with Crippen molar-refractivity contribution in [2.24, 2.45) is 16.7 Å². The van der Waals surface area contributed by atoms with Crippen LogP contribution in [0.1, 0.15) is 79.6 Å². The molecule has 0 heteroatoms. The number of hydrogen-bond acceptors (Lipinski definition) is 0. The lowest BCUT2D eigenvalue weighted by Crippen LogP contribution is -2.50. The van der Waals surface area contributed by atoms with Crippen molar-refractivity contribution in [3.63, 3.8) is 0 Å². The predicted molar refractivity (Wildman–Crippen MR) is 69.0 cm³/mol. The van der Waals surface area contributed by atoms with Gasteiger partial charge in [-0.25, -0.2) is 0 Å². The Hall–Kier alpha value is 0. The molecular formula is C15H30. The second kappa shape index (κ2) is 4.47. The monoisotopic (exact) mass is 210 g/mol. The number of rotatable bonds is 2. The molecule has 0 unspecified atom stereocenters. The van der Waals surface area contributed by atoms with Crippen LogP contribution < -0.4 is 0 Å². The SMILES string of the molecule is C.CCC1(C(C)C)CC2(CCCCC2)C1. The first kappa shape index (κ1) is 13.1. The van der Waals surface area contributed by atoms with Crippen molar-refractivity contribution < 1.29 is 0 Å². The van der Waals surface area contributed by atoms with E-state index < -0.39 is 0 Å². The molecule has 0 nitrogen and oxygen atoms in total. The topological polar surface area (TPSA) is 0 Å². The molecule has 2 fully saturated rings. The summed E-state index contributed by atoms with van der Waals surface area (Å²) in [4.78, 5) is 0. The summed E-state index contributed by atoms with van der Waals surface area (Å²) in [5.41, 5.74) is 1.55. The summed E-state index contributed by atoms with van der Waals surface area (Å²) in [7, 11) is 0. The largest absolute Gasteiger partial charge is 0.0776 e. The van der Waals surface area contributed by atoms with Gasteiger partial charge in [0.2, 0.25) is 0 Å². The Morgan fingerprint density at radius 3 is 1.93 bits per heavy atom. The molecule has 0 aliphatic heterocycles. The van der Waals surface area contributed by atoms with Crippen LogP contribution in [-0.4, -0.2) is 0 Å². The summed E-state index contributed by atoms with van der Waals surface area (Å²) < 4.78 is 0. The van der Waals surface area contributed by atoms with Gasteiger partial charge in [0.15, 0.2) is 0 Å². The molecule has 0 atom stereocenters. The van der Waals surface area contributed by atoms with Crippen molar-refractivity contribution >= 4 is 0 Å². The van der Waals surface area contributed by atoms with Crippen LogP contribution in [0.5, 0.6) is 0 Å². The van der Waals surface area contributed by atoms with Crippen molar-refractivity contribution in [3.8, 4) is 0 Å². The van der Waals surface area contributed by atoms with E-state index in [-0.39, 0.29) is 7.43 Å². The fraction of sp³-hybridized carbons (Fsp3) is 1.00. The van der Waals surface area contributed by atoms with Gasteiger partial charge in [-0.15, -0.1) is 0 Å². The van der Waals surface area contributed by atoms with Gasteiger partial charge in [-0.1, -0.05) is 53.9 Å². The molecule has 2 aliphatic carbocycles. The molecule has 0 aromatic rings. The average molecular weight is 210 g/mol. The number of hydrogen-bond donors (Lipinski definition) is 0. The van der Waals surface area contributed by atoms with Crippen molar-refractivity contribution in [1.82, 2.24) is 0 Å². The van der Waals surface area contributed by atoms with E-state index in [0.29, 0.717) is 0 Å². The Kier molecular flexibility index (Phi) is 3.90. The quantitative estimate of drug-likeness (QED) is 0.571. The minimum absolute atomic E-state index is 0. The third-order valence-electron chi connectivity index (χ3n) is 5.30. The van der Waals surface area contributed by atoms with E-state index in [0.717, 1.165) is 16.7 Å². The molecule has 0 radical (unpaired) electrons. The molecule has 0 aromatic heterocycles. The standard InChI is InChI=1S/C14H26.CH4/c1-4-14(12(2)3)10-13(11-14)8-6-5-7-9-13;/h12H,4-11H2,1-3H3;1H4. The van der Waals surface area contributed by atoms with Crippen molar-refractivity contribution in [2.75, 3.05) is 0 Å². The van der Waals surface area contributed by atoms with Gasteiger partial charge < -0.3 is 0 Å². The van der Waals surface area contributed by atoms with Gasteiger partial charge in [0.1, 0.15) is 0 Å². The van der Waals surface area contributed by atoms with Crippen LogP contribution in [-0.2, 0) is 0 Å². The zero-order chi connectivity index (χ0) is 10.2. The summed E-state index contributed by atoms with van der Waals surface area (Å²) in [6.07, 6.45) is 12.1. The molecule has 0 aromatic carbocycles. The van der Waals surface area contributed by atoms with Crippen LogP contribution in [0, 0.1) is 16.7 Å². The van der Waals surface area contributed by atoms with Crippen molar-refractivity contribution in [3.05, 3.63) is 0 Å². The zero-order valence-electron chi connectivity index (χ0n) is 10.2. The Morgan fingerprint density at radius 2 is 1.53 bits per heavy atom. The lowest BCUT2D eigenvalue weighted by molar-refractivity contribution is -0.0977. The maximum atomic E-state index is 2.43. The van der Waals surface area contributed by atoms with E-state index in [1.807, 2.05) is 0 Å². The van der Waals surface area contributed by atoms with E-state index in [1.54, 1.807) is 25.7 Å². The Labute approximate surface area is 96.8 Å². The van der Waals surface area contributed by atoms with Crippen LogP contribution in [0.2, 0.25) is 0 Å². The Bertz CT molecular complexity index is 188. The normalized spacial score (nSPS) is 27.2. The first-order valence-corrected chi connectivity index (χ1v) is 6.63. The minimum atomic E-state index is 0. The molecule has 0 saturated heterocycles. The summed E-state index contributed by atoms with van der Waals surface area (Å²) in [5.74, 6) is 0.903. The Morgan fingerprint density at radius 1 is 1.00 bits per heavy atom. The second-order valence-electron chi connectivity index (χ2n) is 6.28. The van der Waals surface area contributed by atoms with Crippen molar-refractivity contribution in [2.45, 2.75) is 79.6 Å². The molecule has 90 valence electrons. The Balaban J connectivity index is 0.00000112. The predicted octanol–water partition coefficient (Wildman–Crippen LogP) is 5.42. The average Bonchev–Trinajstić information content (AvgIpc) is 2.14. The minimum Gasteiger partial charge on any atom is -0.0776 e. The molecule has 0 amide bonds. The van der Waals surface area contributed by atoms with Gasteiger partial charge >= 0.3 is 0 Å². The lowest BCUT2D eigenvalue weighted by Gasteiger charge is -2.60. The van der Waals surface area contributed by atoms with Gasteiger partial charge in [-0.05, 0) is 42.4 Å². The van der Waals surface area contributed by atoms with Gasteiger partial charge in [0.05, 0.1) is 0 Å². The highest BCUT2D eigenvalue weighted by Crippen LogP contribution is 2.65. The summed E-state index contributed by atoms with van der Waals surface area (Å²) >= 11 is 0. The first-order valence-electron chi connectivity index (χ1n) is 6.63. The molecular weight excluding hydrogens is 180 g/mol. The van der Waals surface area contributed by atoms with Crippen molar-refractivity contribution in [1.29, 1.82) is 0 Å². The highest BCUT2D eigenvalue weighted by Gasteiger charge is 2.54. The molecule has 0 heterocycles. The van der Waals surface area contributed by atoms with Crippen LogP contribution in [0.25, 0.3) is 0 Å². The molecule has 2 saturated carbocycles. The smallest absolute Gasteiger partial charge is 0.0266 e. The van der Waals surface area contributed by atoms with Gasteiger partial charge in [-0.2, -0.15) is 0 Å². The van der Waals surface area contributed by atoms with Crippen LogP contribution >= 0.6 is 0 Å². The van der Waals surface area contributed by atoms with E-state index in [9.17, 15) is 0 Å². The van der Waals surface area contributed by atoms with E-state index in [1.165, 1.54) is 25.7 Å². The molecule has 15 heavy (non-hydrogen) atoms. The van der Waals surface area contributed by atoms with Gasteiger partial charge in [0.25, 0.3) is 0 Å². The van der Waals surface area contributed by atoms with E-state index in [2.05, 4.69) is 20.8 Å². The third-order valence-corrected chi connectivity index (χ3v) is 5.30. The van der Waals surface area contributed by atoms with Gasteiger partial charge in [-0.3, -0.25) is 0 Å². The highest BCUT2D eigenvalue weighted by atomic mass is 14.6. The highest BCUT2D eigenvalue weighted by molar-refractivity contribution is 5.04. The molecule has 0 N–H and O–H groups in total. The van der Waals surface area contributed by atoms with Crippen LogP contribution in [0.4, 0.5) is 0 Å². The summed E-state index contributed by atoms with van der Waals surface area (Å²) in [6, 6.07) is 0. The lowest BCUT2D eigenvalue weighted by atomic mass is 9.45. The van der Waals surface area contributed by atoms with E-state index >= 15 is 0 Å². The maximum Gasteiger partial charge on any atom is -0.0266 e. The fourth-order valence-corrected chi connectivity index (χ4v) is 4.16. The van der Waals surface area contributed by atoms with E-state index in [4.69, 9.17) is 0 Å². The third kappa shape index (κ3) is 2.10.